The van der Waals surface area contributed by atoms with Crippen LogP contribution in [0.5, 0.6) is 0 Å². The zero-order chi connectivity index (χ0) is 12.4. The standard InChI is InChI=1S/C13H10N4O/c18-13(16-17-8-14-15-9-17)12-7-3-5-10-4-1-2-6-11(10)12/h1-9H,(H,16,18). The summed E-state index contributed by atoms with van der Waals surface area (Å²) in [6.07, 6.45) is 2.87. The van der Waals surface area contributed by atoms with Gasteiger partial charge in [0.05, 0.1) is 0 Å². The summed E-state index contributed by atoms with van der Waals surface area (Å²) in [5.74, 6) is -0.188. The zero-order valence-corrected chi connectivity index (χ0v) is 9.45. The number of carbonyl (C=O) groups excluding carboxylic acids is 1. The van der Waals surface area contributed by atoms with E-state index < -0.39 is 0 Å². The Kier molecular flexibility index (Phi) is 2.49. The van der Waals surface area contributed by atoms with Crippen molar-refractivity contribution in [2.75, 3.05) is 5.43 Å². The molecule has 3 aromatic rings. The summed E-state index contributed by atoms with van der Waals surface area (Å²) in [6, 6.07) is 13.4. The van der Waals surface area contributed by atoms with Gasteiger partial charge >= 0.3 is 0 Å². The van der Waals surface area contributed by atoms with Crippen LogP contribution in [0.25, 0.3) is 10.8 Å². The molecule has 2 aromatic carbocycles. The Bertz CT molecular complexity index is 686. The van der Waals surface area contributed by atoms with Gasteiger partial charge in [0.25, 0.3) is 5.91 Å². The van der Waals surface area contributed by atoms with Gasteiger partial charge in [-0.2, -0.15) is 0 Å². The molecule has 1 N–H and O–H groups in total. The highest BCUT2D eigenvalue weighted by atomic mass is 16.2. The zero-order valence-electron chi connectivity index (χ0n) is 9.45. The van der Waals surface area contributed by atoms with E-state index in [0.717, 1.165) is 10.8 Å². The van der Waals surface area contributed by atoms with Gasteiger partial charge in [0.15, 0.2) is 0 Å². The lowest BCUT2D eigenvalue weighted by Crippen LogP contribution is -2.21. The second-order valence-corrected chi connectivity index (χ2v) is 3.84. The molecule has 88 valence electrons. The predicted molar refractivity (Wildman–Crippen MR) is 67.7 cm³/mol. The summed E-state index contributed by atoms with van der Waals surface area (Å²) in [4.78, 5) is 12.1. The number of nitrogens with one attached hydrogen (secondary N) is 1. The van der Waals surface area contributed by atoms with E-state index in [4.69, 9.17) is 0 Å². The molecule has 0 aliphatic carbocycles. The maximum Gasteiger partial charge on any atom is 0.270 e. The van der Waals surface area contributed by atoms with Crippen LogP contribution in [-0.2, 0) is 0 Å². The van der Waals surface area contributed by atoms with Crippen LogP contribution in [0, 0.1) is 0 Å². The lowest BCUT2D eigenvalue weighted by atomic mass is 10.0. The quantitative estimate of drug-likeness (QED) is 0.740. The number of nitrogens with zero attached hydrogens (tertiary/aromatic N) is 3. The maximum absolute atomic E-state index is 12.1. The van der Waals surface area contributed by atoms with Crippen molar-refractivity contribution in [3.8, 4) is 0 Å². The first-order valence-corrected chi connectivity index (χ1v) is 5.48. The van der Waals surface area contributed by atoms with E-state index in [0.29, 0.717) is 5.56 Å². The Morgan fingerprint density at radius 3 is 2.56 bits per heavy atom. The normalized spacial score (nSPS) is 10.4. The molecule has 1 amide bonds. The van der Waals surface area contributed by atoms with Crippen LogP contribution in [0.1, 0.15) is 10.4 Å². The third-order valence-corrected chi connectivity index (χ3v) is 2.68. The van der Waals surface area contributed by atoms with Crippen LogP contribution in [0.2, 0.25) is 0 Å². The van der Waals surface area contributed by atoms with Crippen molar-refractivity contribution in [1.29, 1.82) is 0 Å². The molecular weight excluding hydrogens is 228 g/mol. The second kappa shape index (κ2) is 4.29. The number of benzene rings is 2. The molecule has 0 bridgehead atoms. The maximum atomic E-state index is 12.1. The molecule has 18 heavy (non-hydrogen) atoms. The molecular formula is C13H10N4O. The minimum absolute atomic E-state index is 0.188. The SMILES string of the molecule is O=C(Nn1cnnc1)c1cccc2ccccc12. The smallest absolute Gasteiger partial charge is 0.267 e. The molecule has 5 nitrogen and oxygen atoms in total. The van der Waals surface area contributed by atoms with Crippen molar-refractivity contribution in [3.63, 3.8) is 0 Å². The fraction of sp³-hybridized carbons (Fsp3) is 0. The molecule has 0 spiro atoms. The van der Waals surface area contributed by atoms with E-state index >= 15 is 0 Å². The van der Waals surface area contributed by atoms with Crippen LogP contribution in [-0.4, -0.2) is 20.8 Å². The summed E-state index contributed by atoms with van der Waals surface area (Å²) in [7, 11) is 0. The third kappa shape index (κ3) is 1.82. The fourth-order valence-electron chi connectivity index (χ4n) is 1.86. The van der Waals surface area contributed by atoms with Gasteiger partial charge in [-0.25, -0.2) is 4.68 Å². The van der Waals surface area contributed by atoms with Crippen LogP contribution in [0.15, 0.2) is 55.1 Å². The number of rotatable bonds is 2. The molecule has 0 aliphatic heterocycles. The molecule has 0 atom stereocenters. The van der Waals surface area contributed by atoms with Gasteiger partial charge in [-0.15, -0.1) is 10.2 Å². The summed E-state index contributed by atoms with van der Waals surface area (Å²) >= 11 is 0. The average Bonchev–Trinajstić information content (AvgIpc) is 2.91. The molecule has 0 saturated heterocycles. The van der Waals surface area contributed by atoms with Gasteiger partial charge in [-0.1, -0.05) is 36.4 Å². The van der Waals surface area contributed by atoms with Crippen LogP contribution in [0.3, 0.4) is 0 Å². The molecule has 0 fully saturated rings. The van der Waals surface area contributed by atoms with Gasteiger partial charge in [0.1, 0.15) is 12.7 Å². The van der Waals surface area contributed by atoms with Gasteiger partial charge in [0, 0.05) is 5.56 Å². The molecule has 0 unspecified atom stereocenters. The lowest BCUT2D eigenvalue weighted by Gasteiger charge is -2.07. The molecule has 1 heterocycles. The highest BCUT2D eigenvalue weighted by Crippen LogP contribution is 2.18. The van der Waals surface area contributed by atoms with E-state index in [1.54, 1.807) is 6.07 Å². The summed E-state index contributed by atoms with van der Waals surface area (Å²) in [6.45, 7) is 0. The van der Waals surface area contributed by atoms with E-state index in [1.807, 2.05) is 36.4 Å². The predicted octanol–water partition coefficient (Wildman–Crippen LogP) is 1.82. The molecule has 0 saturated carbocycles. The molecule has 3 rings (SSSR count). The second-order valence-electron chi connectivity index (χ2n) is 3.84. The van der Waals surface area contributed by atoms with Crippen molar-refractivity contribution in [2.45, 2.75) is 0 Å². The first kappa shape index (κ1) is 10.5. The fourth-order valence-corrected chi connectivity index (χ4v) is 1.86. The molecule has 0 radical (unpaired) electrons. The highest BCUT2D eigenvalue weighted by Gasteiger charge is 2.09. The number of amides is 1. The monoisotopic (exact) mass is 238 g/mol. The summed E-state index contributed by atoms with van der Waals surface area (Å²) < 4.78 is 1.42. The third-order valence-electron chi connectivity index (χ3n) is 2.68. The van der Waals surface area contributed by atoms with E-state index in [9.17, 15) is 4.79 Å². The van der Waals surface area contributed by atoms with Crippen LogP contribution in [0.4, 0.5) is 0 Å². The largest absolute Gasteiger partial charge is 0.270 e. The van der Waals surface area contributed by atoms with E-state index in [1.165, 1.54) is 17.3 Å². The Balaban J connectivity index is 2.01. The lowest BCUT2D eigenvalue weighted by molar-refractivity contribution is 0.101. The van der Waals surface area contributed by atoms with Crippen molar-refractivity contribution in [3.05, 3.63) is 60.7 Å². The summed E-state index contributed by atoms with van der Waals surface area (Å²) in [5, 5.41) is 9.22. The van der Waals surface area contributed by atoms with E-state index in [-0.39, 0.29) is 5.91 Å². The van der Waals surface area contributed by atoms with E-state index in [2.05, 4.69) is 15.6 Å². The number of fused-ring (bicyclic) bond motifs is 1. The van der Waals surface area contributed by atoms with Crippen molar-refractivity contribution >= 4 is 16.7 Å². The highest BCUT2D eigenvalue weighted by molar-refractivity contribution is 6.10. The number of hydrogen-bond acceptors (Lipinski definition) is 3. The minimum atomic E-state index is -0.188. The first-order valence-electron chi connectivity index (χ1n) is 5.48. The first-order chi connectivity index (χ1) is 8.84. The summed E-state index contributed by atoms with van der Waals surface area (Å²) in [5.41, 5.74) is 3.31. The van der Waals surface area contributed by atoms with Gasteiger partial charge in [0.2, 0.25) is 0 Å². The number of aromatic nitrogens is 3. The Labute approximate surface area is 103 Å². The number of hydrogen-bond donors (Lipinski definition) is 1. The Hall–Kier alpha value is -2.69. The van der Waals surface area contributed by atoms with Crippen molar-refractivity contribution < 1.29 is 4.79 Å². The van der Waals surface area contributed by atoms with Crippen LogP contribution >= 0.6 is 0 Å². The van der Waals surface area contributed by atoms with Gasteiger partial charge in [-0.3, -0.25) is 10.2 Å². The molecule has 0 aliphatic rings. The molecule has 5 heteroatoms. The Morgan fingerprint density at radius 1 is 1.00 bits per heavy atom. The Morgan fingerprint density at radius 2 is 1.72 bits per heavy atom. The van der Waals surface area contributed by atoms with Gasteiger partial charge in [-0.05, 0) is 16.8 Å². The molecule has 1 aromatic heterocycles. The average molecular weight is 238 g/mol. The minimum Gasteiger partial charge on any atom is -0.267 e. The number of carbonyl (C=O) groups is 1. The van der Waals surface area contributed by atoms with Crippen molar-refractivity contribution in [2.24, 2.45) is 0 Å². The van der Waals surface area contributed by atoms with Crippen LogP contribution < -0.4 is 5.43 Å². The van der Waals surface area contributed by atoms with Gasteiger partial charge < -0.3 is 0 Å². The van der Waals surface area contributed by atoms with Crippen molar-refractivity contribution in [1.82, 2.24) is 14.9 Å². The topological polar surface area (TPSA) is 59.8 Å².